The molecule has 3 heterocycles. The minimum atomic E-state index is -0.151. The second kappa shape index (κ2) is 2.47. The molecule has 4 saturated carbocycles. The predicted octanol–water partition coefficient (Wildman–Crippen LogP) is 0.0364. The van der Waals surface area contributed by atoms with Crippen LogP contribution < -0.4 is 11.4 Å². The zero-order valence-electron chi connectivity index (χ0n) is 12.3. The van der Waals surface area contributed by atoms with Crippen molar-refractivity contribution in [3.63, 3.8) is 0 Å². The van der Waals surface area contributed by atoms with Gasteiger partial charge in [-0.3, -0.25) is 0 Å². The summed E-state index contributed by atoms with van der Waals surface area (Å²) >= 11 is 0. The average Bonchev–Trinajstić information content (AvgIpc) is 3.31. The zero-order chi connectivity index (χ0) is 14.8. The van der Waals surface area contributed by atoms with Gasteiger partial charge in [0.2, 0.25) is 0 Å². The van der Waals surface area contributed by atoms with Crippen molar-refractivity contribution in [2.75, 3.05) is 7.11 Å². The summed E-state index contributed by atoms with van der Waals surface area (Å²) in [7, 11) is 3.29. The van der Waals surface area contributed by atoms with E-state index in [2.05, 4.69) is 18.2 Å². The summed E-state index contributed by atoms with van der Waals surface area (Å²) in [5.74, 6) is 3.41. The maximum Gasteiger partial charge on any atom is 0.347 e. The Kier molecular flexibility index (Phi) is 1.20. The second-order valence-electron chi connectivity index (χ2n) is 7.86. The number of nitrogens with zero attached hydrogens (tertiary/aromatic N) is 3. The van der Waals surface area contributed by atoms with E-state index in [1.165, 1.54) is 4.57 Å². The molecule has 0 amide bonds. The lowest BCUT2D eigenvalue weighted by molar-refractivity contribution is 0.0417. The smallest absolute Gasteiger partial charge is 0.347 e. The predicted molar refractivity (Wildman–Crippen MR) is 75.1 cm³/mol. The van der Waals surface area contributed by atoms with Crippen LogP contribution in [0, 0.1) is 34.5 Å². The first-order chi connectivity index (χ1) is 10.6. The first-order valence-corrected chi connectivity index (χ1v) is 7.97. The van der Waals surface area contributed by atoms with Crippen LogP contribution in [-0.2, 0) is 11.8 Å². The van der Waals surface area contributed by atoms with Crippen molar-refractivity contribution in [1.29, 1.82) is 0 Å². The molecule has 2 bridgehead atoms. The normalized spacial score (nSPS) is 55.6. The molecule has 4 fully saturated rings. The summed E-state index contributed by atoms with van der Waals surface area (Å²) in [6, 6.07) is 0.318. The van der Waals surface area contributed by atoms with Crippen molar-refractivity contribution in [2.45, 2.75) is 12.1 Å². The molecule has 2 aliphatic heterocycles. The van der Waals surface area contributed by atoms with Gasteiger partial charge in [0, 0.05) is 17.9 Å². The van der Waals surface area contributed by atoms with Crippen LogP contribution in [0.1, 0.15) is 12.1 Å². The molecule has 0 N–H and O–H groups in total. The standard InChI is InChI=1S/C16H15N3O3/c1-17-13(20)18-11-8-7-9(8)12(19(18)14(17)21)16-5-6(22-2)3-4-15(11,16)10(7)16/h3-5,7-12H,1-2H3/t7-,8-,9-,10+,11-,12+,15-,16+/m0/s1. The number of ether oxygens (including phenoxy) is 1. The number of hydrogen-bond donors (Lipinski definition) is 0. The molecule has 0 radical (unpaired) electrons. The monoisotopic (exact) mass is 297 g/mol. The van der Waals surface area contributed by atoms with Crippen LogP contribution in [0.5, 0.6) is 0 Å². The average molecular weight is 297 g/mol. The topological polar surface area (TPSA) is 58.2 Å². The third-order valence-corrected chi connectivity index (χ3v) is 7.85. The summed E-state index contributed by atoms with van der Waals surface area (Å²) < 4.78 is 10.3. The van der Waals surface area contributed by atoms with Gasteiger partial charge in [-0.25, -0.2) is 23.5 Å². The minimum Gasteiger partial charge on any atom is -0.497 e. The summed E-state index contributed by atoms with van der Waals surface area (Å²) in [5.41, 5.74) is -0.197. The van der Waals surface area contributed by atoms with Crippen LogP contribution in [0.2, 0.25) is 0 Å². The van der Waals surface area contributed by atoms with Crippen molar-refractivity contribution in [3.8, 4) is 0 Å². The molecule has 8 rings (SSSR count). The van der Waals surface area contributed by atoms with Crippen LogP contribution in [0.15, 0.2) is 33.6 Å². The Morgan fingerprint density at radius 2 is 1.68 bits per heavy atom. The Morgan fingerprint density at radius 1 is 1.05 bits per heavy atom. The number of rotatable bonds is 1. The van der Waals surface area contributed by atoms with E-state index in [0.717, 1.165) is 5.76 Å². The van der Waals surface area contributed by atoms with Crippen LogP contribution in [0.25, 0.3) is 0 Å². The van der Waals surface area contributed by atoms with E-state index in [1.807, 2.05) is 0 Å². The molecular formula is C16H15N3O3. The Bertz CT molecular complexity index is 993. The van der Waals surface area contributed by atoms with Gasteiger partial charge in [-0.15, -0.1) is 0 Å². The van der Waals surface area contributed by atoms with E-state index in [9.17, 15) is 9.59 Å². The molecule has 0 unspecified atom stereocenters. The zero-order valence-corrected chi connectivity index (χ0v) is 12.3. The summed E-state index contributed by atoms with van der Waals surface area (Å²) in [4.78, 5) is 25.2. The van der Waals surface area contributed by atoms with Gasteiger partial charge < -0.3 is 4.74 Å². The fourth-order valence-electron chi connectivity index (χ4n) is 7.51. The van der Waals surface area contributed by atoms with E-state index in [0.29, 0.717) is 23.7 Å². The van der Waals surface area contributed by atoms with E-state index >= 15 is 0 Å². The Morgan fingerprint density at radius 3 is 2.32 bits per heavy atom. The molecule has 22 heavy (non-hydrogen) atoms. The number of aromatic nitrogens is 3. The molecule has 7 aliphatic rings. The lowest BCUT2D eigenvalue weighted by Crippen LogP contribution is -2.52. The minimum absolute atomic E-state index is 0.0272. The number of allylic oxidation sites excluding steroid dienone is 3. The van der Waals surface area contributed by atoms with E-state index < -0.39 is 0 Å². The Balaban J connectivity index is 1.64. The Hall–Kier alpha value is -1.98. The molecule has 6 heteroatoms. The van der Waals surface area contributed by atoms with Crippen molar-refractivity contribution in [1.82, 2.24) is 13.9 Å². The quantitative estimate of drug-likeness (QED) is 0.735. The molecular weight excluding hydrogens is 282 g/mol. The van der Waals surface area contributed by atoms with Crippen LogP contribution in [0.4, 0.5) is 0 Å². The van der Waals surface area contributed by atoms with E-state index in [4.69, 9.17) is 4.74 Å². The van der Waals surface area contributed by atoms with Gasteiger partial charge in [0.1, 0.15) is 5.76 Å². The Labute approximate surface area is 125 Å². The van der Waals surface area contributed by atoms with E-state index in [1.54, 1.807) is 23.5 Å². The molecule has 112 valence electrons. The van der Waals surface area contributed by atoms with Gasteiger partial charge in [-0.05, 0) is 35.8 Å². The summed E-state index contributed by atoms with van der Waals surface area (Å²) in [6.07, 6.45) is 6.63. The summed E-state index contributed by atoms with van der Waals surface area (Å²) in [6.45, 7) is 0. The fraction of sp³-hybridized carbons (Fsp3) is 0.625. The van der Waals surface area contributed by atoms with Gasteiger partial charge in [0.15, 0.2) is 0 Å². The second-order valence-corrected chi connectivity index (χ2v) is 7.86. The highest BCUT2D eigenvalue weighted by atomic mass is 16.5. The highest BCUT2D eigenvalue weighted by Gasteiger charge is 3.02. The molecule has 1 aromatic heterocycles. The summed E-state index contributed by atoms with van der Waals surface area (Å²) in [5, 5.41) is 0. The van der Waals surface area contributed by atoms with Crippen molar-refractivity contribution in [3.05, 3.63) is 45.0 Å². The fourth-order valence-corrected chi connectivity index (χ4v) is 7.51. The van der Waals surface area contributed by atoms with Crippen LogP contribution in [-0.4, -0.2) is 21.0 Å². The molecule has 1 aromatic rings. The first kappa shape index (κ1) is 10.7. The lowest BCUT2D eigenvalue weighted by Gasteiger charge is -2.47. The highest BCUT2D eigenvalue weighted by Crippen LogP contribution is 3.03. The highest BCUT2D eigenvalue weighted by molar-refractivity contribution is 5.58. The van der Waals surface area contributed by atoms with Gasteiger partial charge >= 0.3 is 11.4 Å². The largest absolute Gasteiger partial charge is 0.497 e. The molecule has 0 aromatic carbocycles. The van der Waals surface area contributed by atoms with Gasteiger partial charge in [-0.1, -0.05) is 6.08 Å². The maximum atomic E-state index is 12.6. The molecule has 0 saturated heterocycles. The van der Waals surface area contributed by atoms with Crippen molar-refractivity contribution in [2.24, 2.45) is 41.5 Å². The van der Waals surface area contributed by atoms with Gasteiger partial charge in [0.05, 0.1) is 19.2 Å². The molecule has 5 aliphatic carbocycles. The van der Waals surface area contributed by atoms with Crippen LogP contribution >= 0.6 is 0 Å². The number of hydrogen-bond acceptors (Lipinski definition) is 3. The maximum absolute atomic E-state index is 12.6. The third kappa shape index (κ3) is 0.616. The first-order valence-electron chi connectivity index (χ1n) is 7.97. The number of methoxy groups -OCH3 is 1. The van der Waals surface area contributed by atoms with Gasteiger partial charge in [0.25, 0.3) is 0 Å². The SMILES string of the molecule is COC1=C[C@@]23[C@@H]4[C@H]5[C@H]6[C@H]5[C@H]2n2c(=O)n(C)c(=O)n2[C@@H]6[C@]43C=C1. The van der Waals surface area contributed by atoms with Crippen LogP contribution in [0.3, 0.4) is 0 Å². The molecule has 2 spiro atoms. The third-order valence-electron chi connectivity index (χ3n) is 7.85. The van der Waals surface area contributed by atoms with Crippen molar-refractivity contribution < 1.29 is 4.74 Å². The lowest BCUT2D eigenvalue weighted by atomic mass is 9.69. The van der Waals surface area contributed by atoms with Gasteiger partial charge in [-0.2, -0.15) is 0 Å². The van der Waals surface area contributed by atoms with E-state index in [-0.39, 0.29) is 34.3 Å². The molecule has 8 atom stereocenters. The molecule has 6 nitrogen and oxygen atoms in total. The van der Waals surface area contributed by atoms with Crippen molar-refractivity contribution >= 4 is 0 Å².